The minimum Gasteiger partial charge on any atom is -0.433 e. The van der Waals surface area contributed by atoms with Crippen LogP contribution in [0.15, 0.2) is 18.2 Å². The van der Waals surface area contributed by atoms with Gasteiger partial charge in [0.05, 0.1) is 5.02 Å². The van der Waals surface area contributed by atoms with Crippen LogP contribution in [0.25, 0.3) is 0 Å². The molecule has 0 heterocycles. The van der Waals surface area contributed by atoms with Gasteiger partial charge in [-0.05, 0) is 24.6 Å². The highest BCUT2D eigenvalue weighted by atomic mass is 35.5. The molecular weight excluding hydrogens is 222 g/mol. The number of ether oxygens (including phenoxy) is 1. The molecule has 0 aliphatic rings. The summed E-state index contributed by atoms with van der Waals surface area (Å²) < 4.78 is 28.0. The maximum absolute atomic E-state index is 11.9. The number of terminal acetylenes is 1. The molecule has 1 unspecified atom stereocenters. The van der Waals surface area contributed by atoms with Gasteiger partial charge in [0, 0.05) is 5.92 Å². The van der Waals surface area contributed by atoms with Gasteiger partial charge in [-0.2, -0.15) is 8.78 Å². The Kier molecular flexibility index (Phi) is 3.93. The number of rotatable bonds is 3. The lowest BCUT2D eigenvalue weighted by molar-refractivity contribution is -0.0497. The van der Waals surface area contributed by atoms with Crippen LogP contribution in [-0.2, 0) is 0 Å². The van der Waals surface area contributed by atoms with Crippen LogP contribution in [0, 0.1) is 12.3 Å². The molecule has 1 nitrogen and oxygen atoms in total. The first kappa shape index (κ1) is 11.8. The normalized spacial score (nSPS) is 12.3. The zero-order chi connectivity index (χ0) is 11.4. The average molecular weight is 231 g/mol. The van der Waals surface area contributed by atoms with E-state index in [0.717, 1.165) is 5.56 Å². The average Bonchev–Trinajstić information content (AvgIpc) is 2.19. The van der Waals surface area contributed by atoms with Gasteiger partial charge in [0.15, 0.2) is 0 Å². The van der Waals surface area contributed by atoms with Gasteiger partial charge < -0.3 is 4.74 Å². The smallest absolute Gasteiger partial charge is 0.387 e. The van der Waals surface area contributed by atoms with Crippen LogP contribution in [0.3, 0.4) is 0 Å². The molecule has 1 aromatic carbocycles. The SMILES string of the molecule is C#CC(C)c1ccc(OC(F)F)c(Cl)c1. The molecule has 0 saturated heterocycles. The number of alkyl halides is 2. The Hall–Kier alpha value is -1.27. The highest BCUT2D eigenvalue weighted by Crippen LogP contribution is 2.29. The highest BCUT2D eigenvalue weighted by Gasteiger charge is 2.10. The summed E-state index contributed by atoms with van der Waals surface area (Å²) in [5.74, 6) is 2.37. The Bertz CT molecular complexity index is 385. The van der Waals surface area contributed by atoms with E-state index >= 15 is 0 Å². The molecule has 0 saturated carbocycles. The van der Waals surface area contributed by atoms with Crippen LogP contribution < -0.4 is 4.74 Å². The first-order valence-corrected chi connectivity index (χ1v) is 4.62. The maximum atomic E-state index is 11.9. The van der Waals surface area contributed by atoms with Crippen LogP contribution in [0.5, 0.6) is 5.75 Å². The molecule has 0 bridgehead atoms. The number of hydrogen-bond donors (Lipinski definition) is 0. The summed E-state index contributed by atoms with van der Waals surface area (Å²) in [7, 11) is 0. The van der Waals surface area contributed by atoms with Crippen LogP contribution in [-0.4, -0.2) is 6.61 Å². The summed E-state index contributed by atoms with van der Waals surface area (Å²) in [6.07, 6.45) is 5.23. The molecule has 1 atom stereocenters. The maximum Gasteiger partial charge on any atom is 0.387 e. The van der Waals surface area contributed by atoms with Gasteiger partial charge in [-0.1, -0.05) is 23.6 Å². The summed E-state index contributed by atoms with van der Waals surface area (Å²) in [5.41, 5.74) is 0.795. The van der Waals surface area contributed by atoms with Gasteiger partial charge >= 0.3 is 6.61 Å². The van der Waals surface area contributed by atoms with E-state index in [1.807, 2.05) is 6.92 Å². The summed E-state index contributed by atoms with van der Waals surface area (Å²) in [6.45, 7) is -1.06. The molecule has 15 heavy (non-hydrogen) atoms. The fourth-order valence-corrected chi connectivity index (χ4v) is 1.31. The van der Waals surface area contributed by atoms with E-state index in [1.54, 1.807) is 6.07 Å². The van der Waals surface area contributed by atoms with Crippen LogP contribution in [0.1, 0.15) is 18.4 Å². The largest absolute Gasteiger partial charge is 0.433 e. The minimum absolute atomic E-state index is 0.0420. The van der Waals surface area contributed by atoms with Crippen molar-refractivity contribution in [3.05, 3.63) is 28.8 Å². The molecule has 80 valence electrons. The second kappa shape index (κ2) is 4.99. The molecule has 0 aliphatic heterocycles. The predicted octanol–water partition coefficient (Wildman–Crippen LogP) is 3.68. The van der Waals surface area contributed by atoms with Crippen molar-refractivity contribution in [2.75, 3.05) is 0 Å². The summed E-state index contributed by atoms with van der Waals surface area (Å²) in [5, 5.41) is 0.134. The van der Waals surface area contributed by atoms with Crippen molar-refractivity contribution in [3.63, 3.8) is 0 Å². The molecule has 4 heteroatoms. The molecule has 0 aliphatic carbocycles. The summed E-state index contributed by atoms with van der Waals surface area (Å²) in [4.78, 5) is 0. The Labute approximate surface area is 92.0 Å². The van der Waals surface area contributed by atoms with Gasteiger partial charge in [0.1, 0.15) is 5.75 Å². The van der Waals surface area contributed by atoms with Crippen molar-refractivity contribution in [1.29, 1.82) is 0 Å². The first-order chi connectivity index (χ1) is 7.04. The van der Waals surface area contributed by atoms with Crippen molar-refractivity contribution in [3.8, 4) is 18.1 Å². The molecule has 1 aromatic rings. The monoisotopic (exact) mass is 230 g/mol. The topological polar surface area (TPSA) is 9.23 Å². The van der Waals surface area contributed by atoms with E-state index < -0.39 is 6.61 Å². The second-order valence-corrected chi connectivity index (χ2v) is 3.36. The van der Waals surface area contributed by atoms with E-state index in [1.165, 1.54) is 12.1 Å². The lowest BCUT2D eigenvalue weighted by Gasteiger charge is -2.09. The van der Waals surface area contributed by atoms with Crippen molar-refractivity contribution < 1.29 is 13.5 Å². The van der Waals surface area contributed by atoms with Crippen LogP contribution in [0.4, 0.5) is 8.78 Å². The second-order valence-electron chi connectivity index (χ2n) is 2.96. The lowest BCUT2D eigenvalue weighted by Crippen LogP contribution is -2.02. The van der Waals surface area contributed by atoms with Crippen molar-refractivity contribution in [2.45, 2.75) is 19.5 Å². The fourth-order valence-electron chi connectivity index (χ4n) is 1.07. The molecule has 0 aromatic heterocycles. The van der Waals surface area contributed by atoms with Crippen molar-refractivity contribution >= 4 is 11.6 Å². The highest BCUT2D eigenvalue weighted by molar-refractivity contribution is 6.32. The Balaban J connectivity index is 2.94. The molecule has 0 radical (unpaired) electrons. The molecule has 0 spiro atoms. The van der Waals surface area contributed by atoms with Crippen molar-refractivity contribution in [2.24, 2.45) is 0 Å². The quantitative estimate of drug-likeness (QED) is 0.720. The standard InChI is InChI=1S/C11H9ClF2O/c1-3-7(2)8-4-5-10(9(12)6-8)15-11(13)14/h1,4-7,11H,2H3. The summed E-state index contributed by atoms with van der Waals surface area (Å²) in [6, 6.07) is 4.54. The van der Waals surface area contributed by atoms with Crippen LogP contribution >= 0.6 is 11.6 Å². The zero-order valence-corrected chi connectivity index (χ0v) is 8.76. The molecule has 0 N–H and O–H groups in total. The van der Waals surface area contributed by atoms with Gasteiger partial charge in [-0.3, -0.25) is 0 Å². The minimum atomic E-state index is -2.88. The van der Waals surface area contributed by atoms with Crippen molar-refractivity contribution in [1.82, 2.24) is 0 Å². The molecule has 0 amide bonds. The molecule has 1 rings (SSSR count). The summed E-state index contributed by atoms with van der Waals surface area (Å²) >= 11 is 5.75. The third kappa shape index (κ3) is 3.10. The van der Waals surface area contributed by atoms with Gasteiger partial charge in [-0.25, -0.2) is 0 Å². The van der Waals surface area contributed by atoms with Crippen LogP contribution in [0.2, 0.25) is 5.02 Å². The van der Waals surface area contributed by atoms with E-state index in [-0.39, 0.29) is 16.7 Å². The van der Waals surface area contributed by atoms with E-state index in [9.17, 15) is 8.78 Å². The zero-order valence-electron chi connectivity index (χ0n) is 8.01. The fraction of sp³-hybridized carbons (Fsp3) is 0.273. The number of halogens is 3. The van der Waals surface area contributed by atoms with E-state index in [4.69, 9.17) is 18.0 Å². The Morgan fingerprint density at radius 2 is 2.13 bits per heavy atom. The van der Waals surface area contributed by atoms with E-state index in [2.05, 4.69) is 10.7 Å². The molecule has 0 fully saturated rings. The van der Waals surface area contributed by atoms with Gasteiger partial charge in [-0.15, -0.1) is 6.42 Å². The third-order valence-corrected chi connectivity index (χ3v) is 2.22. The number of benzene rings is 1. The third-order valence-electron chi connectivity index (χ3n) is 1.92. The molecular formula is C11H9ClF2O. The van der Waals surface area contributed by atoms with Gasteiger partial charge in [0.25, 0.3) is 0 Å². The Morgan fingerprint density at radius 1 is 1.47 bits per heavy atom. The Morgan fingerprint density at radius 3 is 2.60 bits per heavy atom. The van der Waals surface area contributed by atoms with E-state index in [0.29, 0.717) is 0 Å². The number of hydrogen-bond acceptors (Lipinski definition) is 1. The lowest BCUT2D eigenvalue weighted by atomic mass is 10.0. The first-order valence-electron chi connectivity index (χ1n) is 4.25. The van der Waals surface area contributed by atoms with Gasteiger partial charge in [0.2, 0.25) is 0 Å². The predicted molar refractivity (Wildman–Crippen MR) is 55.3 cm³/mol.